The first kappa shape index (κ1) is 16.6. The number of aromatic carboxylic acids is 1. The van der Waals surface area contributed by atoms with Gasteiger partial charge in [-0.05, 0) is 44.2 Å². The Bertz CT molecular complexity index is 944. The molecule has 0 fully saturated rings. The third kappa shape index (κ3) is 3.35. The van der Waals surface area contributed by atoms with Crippen LogP contribution in [0.5, 0.6) is 0 Å². The Morgan fingerprint density at radius 3 is 2.28 bits per heavy atom. The molecule has 126 valence electrons. The van der Waals surface area contributed by atoms with E-state index >= 15 is 0 Å². The van der Waals surface area contributed by atoms with E-state index in [0.717, 1.165) is 0 Å². The minimum absolute atomic E-state index is 0.0281. The van der Waals surface area contributed by atoms with Crippen LogP contribution in [0.2, 0.25) is 0 Å². The summed E-state index contributed by atoms with van der Waals surface area (Å²) in [7, 11) is 0. The molecule has 0 aliphatic heterocycles. The monoisotopic (exact) mass is 338 g/mol. The minimum Gasteiger partial charge on any atom is -0.477 e. The van der Waals surface area contributed by atoms with Gasteiger partial charge in [0.15, 0.2) is 0 Å². The summed E-state index contributed by atoms with van der Waals surface area (Å²) < 4.78 is 13.3. The zero-order valence-electron chi connectivity index (χ0n) is 13.6. The molecule has 3 aromatic heterocycles. The van der Waals surface area contributed by atoms with Gasteiger partial charge in [-0.1, -0.05) is 12.1 Å². The van der Waals surface area contributed by atoms with Gasteiger partial charge in [0.25, 0.3) is 0 Å². The quantitative estimate of drug-likeness (QED) is 0.735. The van der Waals surface area contributed by atoms with Gasteiger partial charge in [-0.25, -0.2) is 19.7 Å². The van der Waals surface area contributed by atoms with Crippen LogP contribution < -0.4 is 0 Å². The molecule has 6 nitrogen and oxygen atoms in total. The zero-order chi connectivity index (χ0) is 18.0. The van der Waals surface area contributed by atoms with Crippen molar-refractivity contribution in [3.63, 3.8) is 0 Å². The second-order valence-electron chi connectivity index (χ2n) is 5.96. The number of halogens is 1. The molecule has 0 atom stereocenters. The minimum atomic E-state index is -1.09. The Labute approximate surface area is 143 Å². The predicted molar refractivity (Wildman–Crippen MR) is 88.5 cm³/mol. The molecule has 25 heavy (non-hydrogen) atoms. The van der Waals surface area contributed by atoms with E-state index in [2.05, 4.69) is 19.9 Å². The number of carbonyl (C=O) groups is 1. The van der Waals surface area contributed by atoms with Crippen LogP contribution in [0, 0.1) is 6.08 Å². The molecule has 3 rings (SSSR count). The summed E-state index contributed by atoms with van der Waals surface area (Å²) in [6.07, 6.45) is 0.509. The van der Waals surface area contributed by atoms with Crippen LogP contribution in [0.4, 0.5) is 4.39 Å². The van der Waals surface area contributed by atoms with Gasteiger partial charge in [0, 0.05) is 11.6 Å². The van der Waals surface area contributed by atoms with Gasteiger partial charge in [-0.15, -0.1) is 0 Å². The first-order valence-electron chi connectivity index (χ1n) is 7.55. The Kier molecular flexibility index (Phi) is 4.22. The van der Waals surface area contributed by atoms with Gasteiger partial charge in [0.05, 0.1) is 22.8 Å². The van der Waals surface area contributed by atoms with Crippen LogP contribution in [-0.2, 0) is 5.41 Å². The lowest BCUT2D eigenvalue weighted by atomic mass is 9.84. The molecule has 0 aliphatic rings. The Hall–Kier alpha value is -3.22. The third-order valence-electron chi connectivity index (χ3n) is 3.89. The van der Waals surface area contributed by atoms with Crippen LogP contribution in [0.15, 0.2) is 48.7 Å². The predicted octanol–water partition coefficient (Wildman–Crippen LogP) is 3.10. The average molecular weight is 338 g/mol. The second kappa shape index (κ2) is 6.35. The zero-order valence-corrected chi connectivity index (χ0v) is 13.6. The van der Waals surface area contributed by atoms with E-state index in [0.29, 0.717) is 22.8 Å². The molecular weight excluding hydrogens is 323 g/mol. The van der Waals surface area contributed by atoms with E-state index in [4.69, 9.17) is 5.11 Å². The summed E-state index contributed by atoms with van der Waals surface area (Å²) in [6, 6.07) is 11.8. The largest absolute Gasteiger partial charge is 0.477 e. The summed E-state index contributed by atoms with van der Waals surface area (Å²) in [6.45, 7) is 3.79. The molecule has 7 heteroatoms. The number of hydrogen-bond acceptors (Lipinski definition) is 5. The molecule has 0 amide bonds. The number of hydrogen-bond donors (Lipinski definition) is 1. The van der Waals surface area contributed by atoms with Crippen molar-refractivity contribution in [2.45, 2.75) is 19.3 Å². The topological polar surface area (TPSA) is 88.9 Å². The molecule has 0 unspecified atom stereocenters. The van der Waals surface area contributed by atoms with Gasteiger partial charge in [-0.2, -0.15) is 4.39 Å². The highest BCUT2D eigenvalue weighted by molar-refractivity contribution is 5.85. The summed E-state index contributed by atoms with van der Waals surface area (Å²) in [4.78, 5) is 27.1. The van der Waals surface area contributed by atoms with Crippen LogP contribution in [0.3, 0.4) is 0 Å². The molecular formula is C18H15FN4O2. The molecule has 3 heterocycles. The summed E-state index contributed by atoms with van der Waals surface area (Å²) in [5, 5.41) is 9.14. The van der Waals surface area contributed by atoms with E-state index in [-0.39, 0.29) is 5.69 Å². The van der Waals surface area contributed by atoms with Crippen molar-refractivity contribution in [3.05, 3.63) is 71.8 Å². The molecule has 0 bridgehead atoms. The van der Waals surface area contributed by atoms with Crippen molar-refractivity contribution in [1.82, 2.24) is 19.9 Å². The molecule has 0 aromatic carbocycles. The number of pyridine rings is 2. The van der Waals surface area contributed by atoms with Crippen molar-refractivity contribution in [3.8, 4) is 11.4 Å². The average Bonchev–Trinajstić information content (AvgIpc) is 2.62. The second-order valence-corrected chi connectivity index (χ2v) is 5.96. The first-order valence-corrected chi connectivity index (χ1v) is 7.55. The maximum atomic E-state index is 13.3. The summed E-state index contributed by atoms with van der Waals surface area (Å²) >= 11 is 0. The van der Waals surface area contributed by atoms with Crippen molar-refractivity contribution in [2.24, 2.45) is 0 Å². The third-order valence-corrected chi connectivity index (χ3v) is 3.89. The lowest BCUT2D eigenvalue weighted by Crippen LogP contribution is -2.23. The molecule has 0 spiro atoms. The Morgan fingerprint density at radius 1 is 0.960 bits per heavy atom. The van der Waals surface area contributed by atoms with Gasteiger partial charge < -0.3 is 5.11 Å². The summed E-state index contributed by atoms with van der Waals surface area (Å²) in [5.41, 5.74) is 1.44. The van der Waals surface area contributed by atoms with Crippen molar-refractivity contribution in [2.75, 3.05) is 0 Å². The lowest BCUT2D eigenvalue weighted by molar-refractivity contribution is 0.0690. The van der Waals surface area contributed by atoms with Gasteiger partial charge in [-0.3, -0.25) is 4.98 Å². The molecule has 0 saturated carbocycles. The fraction of sp³-hybridized carbons (Fsp3) is 0.167. The van der Waals surface area contributed by atoms with Gasteiger partial charge in [0.1, 0.15) is 5.69 Å². The first-order chi connectivity index (χ1) is 11.9. The van der Waals surface area contributed by atoms with E-state index in [1.165, 1.54) is 12.3 Å². The number of nitrogens with zero attached hydrogens (tertiary/aromatic N) is 4. The van der Waals surface area contributed by atoms with Crippen molar-refractivity contribution < 1.29 is 14.3 Å². The van der Waals surface area contributed by atoms with Crippen molar-refractivity contribution in [1.29, 1.82) is 0 Å². The highest BCUT2D eigenvalue weighted by atomic mass is 19.1. The van der Waals surface area contributed by atoms with Crippen molar-refractivity contribution >= 4 is 5.97 Å². The van der Waals surface area contributed by atoms with E-state index in [1.807, 2.05) is 19.9 Å². The molecule has 0 aliphatic carbocycles. The molecule has 3 aromatic rings. The smallest absolute Gasteiger partial charge is 0.354 e. The molecule has 0 radical (unpaired) electrons. The number of carboxylic acids is 1. The highest BCUT2D eigenvalue weighted by Gasteiger charge is 2.27. The van der Waals surface area contributed by atoms with Crippen LogP contribution in [0.1, 0.15) is 35.7 Å². The van der Waals surface area contributed by atoms with E-state index in [9.17, 15) is 9.18 Å². The molecule has 1 N–H and O–H groups in total. The maximum Gasteiger partial charge on any atom is 0.354 e. The fourth-order valence-corrected chi connectivity index (χ4v) is 2.44. The number of carboxylic acid groups (broad SMARTS) is 1. The number of aromatic nitrogens is 4. The standard InChI is InChI=1S/C18H15FN4O2/c1-18(2,15-8-4-6-13(22-15)16(24)25)14-7-3-5-11(21-14)12-9-10-20-17(19)23-12/h3-10H,1-2H3,(H,24,25). The Morgan fingerprint density at radius 2 is 1.60 bits per heavy atom. The lowest BCUT2D eigenvalue weighted by Gasteiger charge is -2.24. The highest BCUT2D eigenvalue weighted by Crippen LogP contribution is 2.30. The summed E-state index contributed by atoms with van der Waals surface area (Å²) in [5.74, 6) is -1.09. The maximum absolute atomic E-state index is 13.3. The van der Waals surface area contributed by atoms with Gasteiger partial charge in [0.2, 0.25) is 0 Å². The van der Waals surface area contributed by atoms with E-state index < -0.39 is 17.5 Å². The Balaban J connectivity index is 2.05. The SMILES string of the molecule is CC(C)(c1cccc(C(=O)O)n1)c1cccc(-c2ccnc(F)n2)n1. The van der Waals surface area contributed by atoms with Crippen LogP contribution in [0.25, 0.3) is 11.4 Å². The van der Waals surface area contributed by atoms with E-state index in [1.54, 1.807) is 30.3 Å². The molecule has 0 saturated heterocycles. The van der Waals surface area contributed by atoms with Crippen LogP contribution >= 0.6 is 0 Å². The van der Waals surface area contributed by atoms with Crippen LogP contribution in [-0.4, -0.2) is 31.0 Å². The normalized spacial score (nSPS) is 11.3. The number of rotatable bonds is 4. The van der Waals surface area contributed by atoms with Gasteiger partial charge >= 0.3 is 12.0 Å². The fourth-order valence-electron chi connectivity index (χ4n) is 2.44.